The lowest BCUT2D eigenvalue weighted by Crippen LogP contribution is -2.38. The SMILES string of the molecule is CN(C)Cc1ccc(CNC(=O)C2c3ccccc3C(=O)N2Cc2cc(C(F)(F)F)cc(C(F)(F)F)c2)cc1. The molecule has 39 heavy (non-hydrogen) atoms. The standard InChI is InChI=1S/C28H25F6N3O2/c1-36(2)15-18-9-7-17(8-10-18)14-35-25(38)24-22-5-3-4-6-23(22)26(39)37(24)16-19-11-20(27(29,30)31)13-21(12-19)28(32,33)34/h3-13,24H,14-16H2,1-2H3,(H,35,38). The highest BCUT2D eigenvalue weighted by Crippen LogP contribution is 2.39. The van der Waals surface area contributed by atoms with E-state index in [1.54, 1.807) is 18.2 Å². The molecule has 0 aromatic heterocycles. The summed E-state index contributed by atoms with van der Waals surface area (Å²) in [5, 5.41) is 2.75. The maximum atomic E-state index is 13.4. The van der Waals surface area contributed by atoms with Crippen molar-refractivity contribution in [3.8, 4) is 0 Å². The fourth-order valence-electron chi connectivity index (χ4n) is 4.54. The molecule has 0 saturated heterocycles. The summed E-state index contributed by atoms with van der Waals surface area (Å²) in [5.41, 5.74) is -1.05. The Balaban J connectivity index is 1.61. The molecular weight excluding hydrogens is 524 g/mol. The zero-order valence-corrected chi connectivity index (χ0v) is 21.0. The van der Waals surface area contributed by atoms with Gasteiger partial charge in [-0.25, -0.2) is 0 Å². The Morgan fingerprint density at radius 2 is 1.41 bits per heavy atom. The van der Waals surface area contributed by atoms with Crippen molar-refractivity contribution >= 4 is 11.8 Å². The molecule has 3 aromatic carbocycles. The lowest BCUT2D eigenvalue weighted by atomic mass is 10.0. The van der Waals surface area contributed by atoms with E-state index < -0.39 is 53.4 Å². The van der Waals surface area contributed by atoms with E-state index in [9.17, 15) is 35.9 Å². The highest BCUT2D eigenvalue weighted by molar-refractivity contribution is 6.04. The van der Waals surface area contributed by atoms with E-state index in [1.165, 1.54) is 6.07 Å². The van der Waals surface area contributed by atoms with E-state index in [2.05, 4.69) is 5.32 Å². The predicted octanol–water partition coefficient (Wildman–Crippen LogP) is 5.80. The van der Waals surface area contributed by atoms with Crippen molar-refractivity contribution in [3.05, 3.63) is 106 Å². The molecule has 206 valence electrons. The quantitative estimate of drug-likeness (QED) is 0.379. The van der Waals surface area contributed by atoms with E-state index in [0.717, 1.165) is 22.6 Å². The molecule has 1 atom stereocenters. The van der Waals surface area contributed by atoms with Gasteiger partial charge in [0.2, 0.25) is 5.91 Å². The molecule has 11 heteroatoms. The Labute approximate surface area is 221 Å². The fraction of sp³-hybridized carbons (Fsp3) is 0.286. The van der Waals surface area contributed by atoms with Crippen LogP contribution in [0.5, 0.6) is 0 Å². The molecule has 0 spiro atoms. The minimum absolute atomic E-state index is 0.0259. The Kier molecular flexibility index (Phi) is 7.74. The van der Waals surface area contributed by atoms with Gasteiger partial charge in [-0.3, -0.25) is 9.59 Å². The average molecular weight is 550 g/mol. The maximum Gasteiger partial charge on any atom is 0.416 e. The van der Waals surface area contributed by atoms with Crippen molar-refractivity contribution in [2.24, 2.45) is 0 Å². The normalized spacial score (nSPS) is 15.6. The van der Waals surface area contributed by atoms with Crippen molar-refractivity contribution in [1.82, 2.24) is 15.1 Å². The van der Waals surface area contributed by atoms with E-state index >= 15 is 0 Å². The maximum absolute atomic E-state index is 13.4. The second kappa shape index (κ2) is 10.7. The number of halogens is 6. The van der Waals surface area contributed by atoms with Gasteiger partial charge in [0.15, 0.2) is 0 Å². The van der Waals surface area contributed by atoms with Gasteiger partial charge in [0, 0.05) is 25.2 Å². The van der Waals surface area contributed by atoms with Crippen LogP contribution in [0.15, 0.2) is 66.7 Å². The van der Waals surface area contributed by atoms with Crippen LogP contribution < -0.4 is 5.32 Å². The van der Waals surface area contributed by atoms with Gasteiger partial charge in [-0.2, -0.15) is 26.3 Å². The first-order valence-electron chi connectivity index (χ1n) is 11.9. The van der Waals surface area contributed by atoms with Gasteiger partial charge in [-0.1, -0.05) is 42.5 Å². The molecular formula is C28H25F6N3O2. The van der Waals surface area contributed by atoms with Crippen LogP contribution in [-0.2, 0) is 36.8 Å². The Bertz CT molecular complexity index is 1330. The molecule has 0 bridgehead atoms. The first kappa shape index (κ1) is 28.2. The number of amides is 2. The van der Waals surface area contributed by atoms with Crippen molar-refractivity contribution < 1.29 is 35.9 Å². The van der Waals surface area contributed by atoms with E-state index in [0.29, 0.717) is 17.7 Å². The highest BCUT2D eigenvalue weighted by Gasteiger charge is 2.42. The summed E-state index contributed by atoms with van der Waals surface area (Å²) in [4.78, 5) is 29.5. The number of benzene rings is 3. The van der Waals surface area contributed by atoms with Crippen molar-refractivity contribution in [3.63, 3.8) is 0 Å². The monoisotopic (exact) mass is 549 g/mol. The minimum Gasteiger partial charge on any atom is -0.350 e. The average Bonchev–Trinajstić information content (AvgIpc) is 3.13. The molecule has 1 aliphatic heterocycles. The molecule has 1 aliphatic rings. The van der Waals surface area contributed by atoms with Crippen LogP contribution in [0, 0.1) is 0 Å². The number of carbonyl (C=O) groups is 2. The number of hydrogen-bond donors (Lipinski definition) is 1. The third-order valence-electron chi connectivity index (χ3n) is 6.30. The second-order valence-corrected chi connectivity index (χ2v) is 9.61. The topological polar surface area (TPSA) is 52.7 Å². The Hall–Kier alpha value is -3.86. The third kappa shape index (κ3) is 6.42. The van der Waals surface area contributed by atoms with Crippen LogP contribution in [0.2, 0.25) is 0 Å². The van der Waals surface area contributed by atoms with Gasteiger partial charge >= 0.3 is 12.4 Å². The van der Waals surface area contributed by atoms with Crippen LogP contribution in [0.3, 0.4) is 0 Å². The van der Waals surface area contributed by atoms with E-state index in [1.807, 2.05) is 43.3 Å². The summed E-state index contributed by atoms with van der Waals surface area (Å²) in [6.07, 6.45) is -10.1. The number of hydrogen-bond acceptors (Lipinski definition) is 3. The first-order chi connectivity index (χ1) is 18.2. The molecule has 5 nitrogen and oxygen atoms in total. The number of nitrogens with one attached hydrogen (secondary N) is 1. The van der Waals surface area contributed by atoms with Crippen molar-refractivity contribution in [1.29, 1.82) is 0 Å². The van der Waals surface area contributed by atoms with E-state index in [-0.39, 0.29) is 18.2 Å². The van der Waals surface area contributed by atoms with Gasteiger partial charge < -0.3 is 15.1 Å². The second-order valence-electron chi connectivity index (χ2n) is 9.61. The van der Waals surface area contributed by atoms with Gasteiger partial charge in [-0.05, 0) is 60.6 Å². The summed E-state index contributed by atoms with van der Waals surface area (Å²) in [5.74, 6) is -1.27. The molecule has 3 aromatic rings. The van der Waals surface area contributed by atoms with Crippen LogP contribution >= 0.6 is 0 Å². The molecule has 1 unspecified atom stereocenters. The number of rotatable bonds is 7. The molecule has 0 fully saturated rings. The first-order valence-corrected chi connectivity index (χ1v) is 11.9. The van der Waals surface area contributed by atoms with Gasteiger partial charge in [0.1, 0.15) is 6.04 Å². The van der Waals surface area contributed by atoms with Gasteiger partial charge in [0.05, 0.1) is 11.1 Å². The Morgan fingerprint density at radius 3 is 1.97 bits per heavy atom. The zero-order chi connectivity index (χ0) is 28.5. The smallest absolute Gasteiger partial charge is 0.350 e. The summed E-state index contributed by atoms with van der Waals surface area (Å²) < 4.78 is 80.3. The number of nitrogens with zero attached hydrogens (tertiary/aromatic N) is 2. The highest BCUT2D eigenvalue weighted by atomic mass is 19.4. The lowest BCUT2D eigenvalue weighted by Gasteiger charge is -2.25. The molecule has 0 saturated carbocycles. The molecule has 4 rings (SSSR count). The predicted molar refractivity (Wildman–Crippen MR) is 131 cm³/mol. The molecule has 1 heterocycles. The lowest BCUT2D eigenvalue weighted by molar-refractivity contribution is -0.143. The number of fused-ring (bicyclic) bond motifs is 1. The molecule has 2 amide bonds. The summed E-state index contributed by atoms with van der Waals surface area (Å²) >= 11 is 0. The largest absolute Gasteiger partial charge is 0.416 e. The summed E-state index contributed by atoms with van der Waals surface area (Å²) in [6.45, 7) is 0.218. The summed E-state index contributed by atoms with van der Waals surface area (Å²) in [7, 11) is 3.87. The molecule has 0 aliphatic carbocycles. The van der Waals surface area contributed by atoms with E-state index in [4.69, 9.17) is 0 Å². The van der Waals surface area contributed by atoms with Crippen LogP contribution in [-0.4, -0.2) is 35.7 Å². The van der Waals surface area contributed by atoms with Crippen LogP contribution in [0.4, 0.5) is 26.3 Å². The number of carbonyl (C=O) groups excluding carboxylic acids is 2. The van der Waals surface area contributed by atoms with Gasteiger partial charge in [0.25, 0.3) is 5.91 Å². The van der Waals surface area contributed by atoms with Crippen LogP contribution in [0.1, 0.15) is 49.8 Å². The number of alkyl halides is 6. The zero-order valence-electron chi connectivity index (χ0n) is 21.0. The fourth-order valence-corrected chi connectivity index (χ4v) is 4.54. The van der Waals surface area contributed by atoms with Crippen molar-refractivity contribution in [2.45, 2.75) is 38.0 Å². The molecule has 1 N–H and O–H groups in total. The third-order valence-corrected chi connectivity index (χ3v) is 6.30. The Morgan fingerprint density at radius 1 is 0.846 bits per heavy atom. The molecule has 0 radical (unpaired) electrons. The van der Waals surface area contributed by atoms with Gasteiger partial charge in [-0.15, -0.1) is 0 Å². The summed E-state index contributed by atoms with van der Waals surface area (Å²) in [6, 6.07) is 13.6. The minimum atomic E-state index is -5.03. The van der Waals surface area contributed by atoms with Crippen LogP contribution in [0.25, 0.3) is 0 Å². The van der Waals surface area contributed by atoms with Crippen molar-refractivity contribution in [2.75, 3.05) is 14.1 Å².